The molecular formula is C17H16F3NO. The third kappa shape index (κ3) is 2.51. The summed E-state index contributed by atoms with van der Waals surface area (Å²) < 4.78 is 38.1. The van der Waals surface area contributed by atoms with Crippen LogP contribution < -0.4 is 5.32 Å². The zero-order chi connectivity index (χ0) is 15.8. The van der Waals surface area contributed by atoms with Crippen molar-refractivity contribution in [2.24, 2.45) is 5.92 Å². The van der Waals surface area contributed by atoms with Gasteiger partial charge in [0.2, 0.25) is 0 Å². The summed E-state index contributed by atoms with van der Waals surface area (Å²) in [5, 5.41) is 14.3. The van der Waals surface area contributed by atoms with E-state index in [0.717, 1.165) is 12.1 Å². The van der Waals surface area contributed by atoms with Crippen LogP contribution in [0.4, 0.5) is 13.2 Å². The van der Waals surface area contributed by atoms with Crippen LogP contribution in [0.3, 0.4) is 0 Å². The fourth-order valence-electron chi connectivity index (χ4n) is 2.83. The Labute approximate surface area is 126 Å². The van der Waals surface area contributed by atoms with Crippen molar-refractivity contribution >= 4 is 0 Å². The number of aliphatic hydroxyl groups is 1. The number of hydrogen-bond acceptors (Lipinski definition) is 2. The molecule has 0 bridgehead atoms. The quantitative estimate of drug-likeness (QED) is 0.913. The van der Waals surface area contributed by atoms with Gasteiger partial charge in [0.25, 0.3) is 0 Å². The summed E-state index contributed by atoms with van der Waals surface area (Å²) in [7, 11) is 0. The molecule has 2 aromatic rings. The Morgan fingerprint density at radius 1 is 0.818 bits per heavy atom. The molecule has 0 radical (unpaired) electrons. The van der Waals surface area contributed by atoms with Crippen molar-refractivity contribution in [1.29, 1.82) is 0 Å². The molecule has 1 fully saturated rings. The molecule has 0 spiro atoms. The summed E-state index contributed by atoms with van der Waals surface area (Å²) in [6.07, 6.45) is -4.37. The maximum absolute atomic E-state index is 12.7. The van der Waals surface area contributed by atoms with E-state index in [0.29, 0.717) is 24.2 Å². The van der Waals surface area contributed by atoms with Gasteiger partial charge in [0, 0.05) is 19.0 Å². The topological polar surface area (TPSA) is 32.3 Å². The first-order chi connectivity index (χ1) is 10.4. The Hall–Kier alpha value is -1.85. The second kappa shape index (κ2) is 5.41. The van der Waals surface area contributed by atoms with Crippen molar-refractivity contribution in [1.82, 2.24) is 5.32 Å². The zero-order valence-electron chi connectivity index (χ0n) is 11.8. The number of rotatable bonds is 3. The third-order valence-corrected chi connectivity index (χ3v) is 4.24. The number of alkyl halides is 3. The Balaban J connectivity index is 2.03. The zero-order valence-corrected chi connectivity index (χ0v) is 11.8. The highest BCUT2D eigenvalue weighted by molar-refractivity contribution is 5.39. The average Bonchev–Trinajstić information content (AvgIpc) is 2.45. The van der Waals surface area contributed by atoms with Crippen molar-refractivity contribution in [2.45, 2.75) is 11.8 Å². The van der Waals surface area contributed by atoms with Gasteiger partial charge in [0.05, 0.1) is 5.56 Å². The smallest absolute Gasteiger partial charge is 0.380 e. The maximum atomic E-state index is 12.7. The molecule has 0 saturated carbocycles. The summed E-state index contributed by atoms with van der Waals surface area (Å²) in [5.74, 6) is -0.0633. The van der Waals surface area contributed by atoms with Crippen molar-refractivity contribution in [3.05, 3.63) is 71.3 Å². The van der Waals surface area contributed by atoms with E-state index in [1.807, 2.05) is 18.2 Å². The number of hydrogen-bond donors (Lipinski definition) is 2. The van der Waals surface area contributed by atoms with Crippen LogP contribution in [0.2, 0.25) is 0 Å². The summed E-state index contributed by atoms with van der Waals surface area (Å²) in [6, 6.07) is 13.9. The Morgan fingerprint density at radius 3 is 1.77 bits per heavy atom. The molecule has 1 unspecified atom stereocenters. The predicted molar refractivity (Wildman–Crippen MR) is 77.2 cm³/mol. The maximum Gasteiger partial charge on any atom is 0.416 e. The van der Waals surface area contributed by atoms with Crippen molar-refractivity contribution < 1.29 is 18.3 Å². The first-order valence-corrected chi connectivity index (χ1v) is 7.08. The van der Waals surface area contributed by atoms with Crippen molar-refractivity contribution in [3.8, 4) is 0 Å². The molecule has 3 rings (SSSR count). The van der Waals surface area contributed by atoms with Crippen molar-refractivity contribution in [3.63, 3.8) is 0 Å². The predicted octanol–water partition coefficient (Wildman–Crippen LogP) is 3.16. The minimum atomic E-state index is -4.37. The van der Waals surface area contributed by atoms with Gasteiger partial charge in [-0.1, -0.05) is 42.5 Å². The summed E-state index contributed by atoms with van der Waals surface area (Å²) in [6.45, 7) is 1.26. The van der Waals surface area contributed by atoms with Gasteiger partial charge < -0.3 is 10.4 Å². The van der Waals surface area contributed by atoms with Crippen LogP contribution in [0, 0.1) is 5.92 Å². The van der Waals surface area contributed by atoms with Gasteiger partial charge in [0.15, 0.2) is 0 Å². The molecule has 1 atom stereocenters. The molecule has 0 amide bonds. The number of benzene rings is 2. The lowest BCUT2D eigenvalue weighted by Crippen LogP contribution is -2.54. The normalized spacial score (nSPS) is 18.5. The van der Waals surface area contributed by atoms with E-state index < -0.39 is 17.3 Å². The van der Waals surface area contributed by atoms with Crippen molar-refractivity contribution in [2.75, 3.05) is 13.1 Å². The summed E-state index contributed by atoms with van der Waals surface area (Å²) >= 11 is 0. The molecule has 2 nitrogen and oxygen atoms in total. The molecule has 0 aliphatic carbocycles. The lowest BCUT2D eigenvalue weighted by atomic mass is 9.73. The standard InChI is InChI=1S/C17H16F3NO/c18-17(19,20)14-8-6-13(7-9-14)16(22,15-10-21-11-15)12-4-2-1-3-5-12/h1-9,15,21-22H,10-11H2. The third-order valence-electron chi connectivity index (χ3n) is 4.24. The van der Waals surface area contributed by atoms with Crippen LogP contribution in [0.15, 0.2) is 54.6 Å². The Morgan fingerprint density at radius 2 is 1.32 bits per heavy atom. The minimum Gasteiger partial charge on any atom is -0.380 e. The van der Waals surface area contributed by atoms with Crippen LogP contribution in [0.5, 0.6) is 0 Å². The molecule has 5 heteroatoms. The number of halogens is 3. The van der Waals surface area contributed by atoms with Crippen LogP contribution in [0.1, 0.15) is 16.7 Å². The number of nitrogens with one attached hydrogen (secondary N) is 1. The van der Waals surface area contributed by atoms with E-state index in [-0.39, 0.29) is 5.92 Å². The summed E-state index contributed by atoms with van der Waals surface area (Å²) in [4.78, 5) is 0. The molecule has 1 aliphatic rings. The highest BCUT2D eigenvalue weighted by atomic mass is 19.4. The fraction of sp³-hybridized carbons (Fsp3) is 0.294. The molecule has 1 saturated heterocycles. The highest BCUT2D eigenvalue weighted by Gasteiger charge is 2.43. The minimum absolute atomic E-state index is 0.0633. The lowest BCUT2D eigenvalue weighted by Gasteiger charge is -2.43. The molecule has 0 aromatic heterocycles. The van der Waals surface area contributed by atoms with Gasteiger partial charge in [0.1, 0.15) is 5.60 Å². The van der Waals surface area contributed by atoms with E-state index in [2.05, 4.69) is 5.32 Å². The molecule has 22 heavy (non-hydrogen) atoms. The summed E-state index contributed by atoms with van der Waals surface area (Å²) in [5.41, 5.74) is -0.811. The molecular weight excluding hydrogens is 291 g/mol. The molecule has 2 N–H and O–H groups in total. The lowest BCUT2D eigenvalue weighted by molar-refractivity contribution is -0.137. The SMILES string of the molecule is OC(c1ccccc1)(c1ccc(C(F)(F)F)cc1)C1CNC1. The Kier molecular flexibility index (Phi) is 3.70. The largest absolute Gasteiger partial charge is 0.416 e. The monoisotopic (exact) mass is 307 g/mol. The van der Waals surface area contributed by atoms with E-state index in [4.69, 9.17) is 0 Å². The second-order valence-electron chi connectivity index (χ2n) is 5.56. The average molecular weight is 307 g/mol. The van der Waals surface area contributed by atoms with E-state index in [1.165, 1.54) is 12.1 Å². The van der Waals surface area contributed by atoms with Crippen LogP contribution in [0.25, 0.3) is 0 Å². The van der Waals surface area contributed by atoms with Crippen LogP contribution in [-0.2, 0) is 11.8 Å². The van der Waals surface area contributed by atoms with Gasteiger partial charge in [-0.2, -0.15) is 13.2 Å². The van der Waals surface area contributed by atoms with E-state index >= 15 is 0 Å². The van der Waals surface area contributed by atoms with Gasteiger partial charge in [-0.25, -0.2) is 0 Å². The second-order valence-corrected chi connectivity index (χ2v) is 5.56. The highest BCUT2D eigenvalue weighted by Crippen LogP contribution is 2.40. The van der Waals surface area contributed by atoms with Gasteiger partial charge in [-0.3, -0.25) is 0 Å². The molecule has 1 heterocycles. The first kappa shape index (κ1) is 15.1. The van der Waals surface area contributed by atoms with E-state index in [9.17, 15) is 18.3 Å². The van der Waals surface area contributed by atoms with Gasteiger partial charge >= 0.3 is 6.18 Å². The first-order valence-electron chi connectivity index (χ1n) is 7.08. The molecule has 116 valence electrons. The molecule has 1 aliphatic heterocycles. The van der Waals surface area contributed by atoms with E-state index in [1.54, 1.807) is 12.1 Å². The fourth-order valence-corrected chi connectivity index (χ4v) is 2.83. The Bertz CT molecular complexity index is 635. The van der Waals surface area contributed by atoms with Crippen LogP contribution in [-0.4, -0.2) is 18.2 Å². The molecule has 2 aromatic carbocycles. The van der Waals surface area contributed by atoms with Gasteiger partial charge in [-0.05, 0) is 23.3 Å². The van der Waals surface area contributed by atoms with Gasteiger partial charge in [-0.15, -0.1) is 0 Å². The van der Waals surface area contributed by atoms with Crippen LogP contribution >= 0.6 is 0 Å².